The molecule has 5 atom stereocenters. The van der Waals surface area contributed by atoms with Gasteiger partial charge in [0.25, 0.3) is 0 Å². The molecule has 0 aliphatic carbocycles. The topological polar surface area (TPSA) is 109 Å². The monoisotopic (exact) mass is 424 g/mol. The molecular formula is C21H25ClO7. The van der Waals surface area contributed by atoms with Crippen LogP contribution in [0.25, 0.3) is 0 Å². The average molecular weight is 425 g/mol. The summed E-state index contributed by atoms with van der Waals surface area (Å²) in [6.07, 6.45) is -5.44. The number of halogens is 1. The normalized spacial score (nSPS) is 27.0. The van der Waals surface area contributed by atoms with Crippen molar-refractivity contribution >= 4 is 11.6 Å². The number of rotatable bonds is 7. The number of aliphatic hydroxyl groups is 4. The number of hydrogen-bond acceptors (Lipinski definition) is 7. The lowest BCUT2D eigenvalue weighted by atomic mass is 9.92. The Morgan fingerprint density at radius 1 is 1.00 bits per heavy atom. The second-order valence-electron chi connectivity index (χ2n) is 6.88. The van der Waals surface area contributed by atoms with Gasteiger partial charge in [0.2, 0.25) is 0 Å². The van der Waals surface area contributed by atoms with Crippen LogP contribution in [-0.2, 0) is 15.9 Å². The van der Waals surface area contributed by atoms with Crippen LogP contribution in [0.5, 0.6) is 5.75 Å². The largest absolute Gasteiger partial charge is 0.491 e. The Hall–Kier alpha value is -1.71. The first-order valence-electron chi connectivity index (χ1n) is 9.28. The van der Waals surface area contributed by atoms with Gasteiger partial charge >= 0.3 is 0 Å². The van der Waals surface area contributed by atoms with Gasteiger partial charge in [0.05, 0.1) is 6.61 Å². The fourth-order valence-corrected chi connectivity index (χ4v) is 3.50. The van der Waals surface area contributed by atoms with Crippen LogP contribution in [-0.4, -0.2) is 65.4 Å². The van der Waals surface area contributed by atoms with Crippen LogP contribution in [0.15, 0.2) is 42.5 Å². The first kappa shape index (κ1) is 22.0. The summed E-state index contributed by atoms with van der Waals surface area (Å²) in [5, 5.41) is 39.8. The lowest BCUT2D eigenvalue weighted by molar-refractivity contribution is -0.292. The van der Waals surface area contributed by atoms with Gasteiger partial charge < -0.3 is 34.6 Å². The van der Waals surface area contributed by atoms with E-state index >= 15 is 0 Å². The van der Waals surface area contributed by atoms with Gasteiger partial charge in [-0.2, -0.15) is 0 Å². The molecule has 0 radical (unpaired) electrons. The molecule has 0 saturated carbocycles. The van der Waals surface area contributed by atoms with Gasteiger partial charge in [0.1, 0.15) is 36.8 Å². The molecule has 3 rings (SSSR count). The van der Waals surface area contributed by atoms with Gasteiger partial charge in [-0.1, -0.05) is 35.9 Å². The Morgan fingerprint density at radius 3 is 2.38 bits per heavy atom. The Labute approximate surface area is 174 Å². The Morgan fingerprint density at radius 2 is 1.72 bits per heavy atom. The molecule has 0 bridgehead atoms. The van der Waals surface area contributed by atoms with Crippen molar-refractivity contribution in [1.29, 1.82) is 0 Å². The van der Waals surface area contributed by atoms with Crippen molar-refractivity contribution in [2.45, 2.75) is 37.1 Å². The van der Waals surface area contributed by atoms with Gasteiger partial charge in [0.15, 0.2) is 6.29 Å². The minimum absolute atomic E-state index is 0.0467. The van der Waals surface area contributed by atoms with E-state index in [1.807, 2.05) is 30.3 Å². The first-order valence-corrected chi connectivity index (χ1v) is 9.65. The van der Waals surface area contributed by atoms with Crippen molar-refractivity contribution in [3.8, 4) is 5.75 Å². The Bertz CT molecular complexity index is 796. The van der Waals surface area contributed by atoms with Crippen molar-refractivity contribution in [2.24, 2.45) is 0 Å². The second kappa shape index (κ2) is 9.86. The van der Waals surface area contributed by atoms with Crippen LogP contribution >= 0.6 is 11.6 Å². The van der Waals surface area contributed by atoms with Gasteiger partial charge in [-0.05, 0) is 41.3 Å². The van der Waals surface area contributed by atoms with Gasteiger partial charge in [-0.15, -0.1) is 0 Å². The van der Waals surface area contributed by atoms with E-state index in [1.165, 1.54) is 7.11 Å². The molecule has 0 amide bonds. The van der Waals surface area contributed by atoms with E-state index in [4.69, 9.17) is 30.9 Å². The zero-order valence-corrected chi connectivity index (χ0v) is 16.7. The molecule has 0 spiro atoms. The second-order valence-corrected chi connectivity index (χ2v) is 7.28. The predicted molar refractivity (Wildman–Crippen MR) is 106 cm³/mol. The lowest BCUT2D eigenvalue weighted by Crippen LogP contribution is -2.54. The van der Waals surface area contributed by atoms with Crippen molar-refractivity contribution in [3.05, 3.63) is 64.2 Å². The highest BCUT2D eigenvalue weighted by atomic mass is 35.5. The molecule has 1 unspecified atom stereocenters. The summed E-state index contributed by atoms with van der Waals surface area (Å²) >= 11 is 6.36. The summed E-state index contributed by atoms with van der Waals surface area (Å²) in [5.74, 6) is 0.666. The van der Waals surface area contributed by atoms with Crippen molar-refractivity contribution in [2.75, 3.05) is 20.3 Å². The molecule has 1 aliphatic rings. The highest BCUT2D eigenvalue weighted by molar-refractivity contribution is 6.31. The van der Waals surface area contributed by atoms with E-state index in [9.17, 15) is 15.3 Å². The minimum atomic E-state index is -1.40. The molecule has 7 nitrogen and oxygen atoms in total. The number of aliphatic hydroxyl groups excluding tert-OH is 4. The smallest absolute Gasteiger partial charge is 0.186 e. The van der Waals surface area contributed by atoms with Crippen LogP contribution in [0.1, 0.15) is 22.8 Å². The fraction of sp³-hybridized carbons (Fsp3) is 0.429. The molecule has 1 saturated heterocycles. The fourth-order valence-electron chi connectivity index (χ4n) is 3.31. The Kier molecular flexibility index (Phi) is 7.48. The van der Waals surface area contributed by atoms with Crippen molar-refractivity contribution in [1.82, 2.24) is 0 Å². The zero-order valence-electron chi connectivity index (χ0n) is 15.9. The van der Waals surface area contributed by atoms with Crippen LogP contribution < -0.4 is 4.74 Å². The number of methoxy groups -OCH3 is 1. The van der Waals surface area contributed by atoms with E-state index in [2.05, 4.69) is 0 Å². The van der Waals surface area contributed by atoms with E-state index < -0.39 is 30.7 Å². The third-order valence-corrected chi connectivity index (χ3v) is 5.25. The van der Waals surface area contributed by atoms with Gasteiger partial charge in [-0.3, -0.25) is 0 Å². The third-order valence-electron chi connectivity index (χ3n) is 4.88. The van der Waals surface area contributed by atoms with Gasteiger partial charge in [-0.25, -0.2) is 0 Å². The van der Waals surface area contributed by atoms with Crippen LogP contribution in [0.2, 0.25) is 5.02 Å². The molecule has 1 heterocycles. The van der Waals surface area contributed by atoms with Crippen molar-refractivity contribution < 1.29 is 34.6 Å². The SMILES string of the molecule is COC1O[C@@H](c2ccc(Cl)c(Cc3ccc(OCCO)cc3)c2)[C@H](O)[C@@H](O)[C@@H]1O. The zero-order chi connectivity index (χ0) is 21.0. The number of hydrogen-bond donors (Lipinski definition) is 4. The molecule has 8 heteroatoms. The number of ether oxygens (including phenoxy) is 3. The summed E-state index contributed by atoms with van der Waals surface area (Å²) in [7, 11) is 1.36. The maximum atomic E-state index is 10.4. The van der Waals surface area contributed by atoms with Crippen LogP contribution in [0, 0.1) is 0 Å². The molecular weight excluding hydrogens is 400 g/mol. The standard InChI is InChI=1S/C21H25ClO7/c1-27-21-19(26)17(24)18(25)20(29-21)13-4-7-16(22)14(11-13)10-12-2-5-15(6-3-12)28-9-8-23/h2-7,11,17-21,23-26H,8-10H2,1H3/t17-,18-,19+,20+,21?/m1/s1. The molecule has 158 valence electrons. The average Bonchev–Trinajstić information content (AvgIpc) is 2.73. The van der Waals surface area contributed by atoms with E-state index in [1.54, 1.807) is 12.1 Å². The van der Waals surface area contributed by atoms with Gasteiger partial charge in [0, 0.05) is 12.1 Å². The maximum Gasteiger partial charge on any atom is 0.186 e. The highest BCUT2D eigenvalue weighted by Gasteiger charge is 2.44. The molecule has 29 heavy (non-hydrogen) atoms. The third kappa shape index (κ3) is 5.07. The summed E-state index contributed by atoms with van der Waals surface area (Å²) in [6, 6.07) is 12.7. The summed E-state index contributed by atoms with van der Waals surface area (Å²) < 4.78 is 16.1. The first-order chi connectivity index (χ1) is 13.9. The quantitative estimate of drug-likeness (QED) is 0.532. The number of benzene rings is 2. The Balaban J connectivity index is 1.79. The molecule has 1 aliphatic heterocycles. The molecule has 2 aromatic carbocycles. The summed E-state index contributed by atoms with van der Waals surface area (Å²) in [6.45, 7) is 0.189. The predicted octanol–water partition coefficient (Wildman–Crippen LogP) is 1.43. The summed E-state index contributed by atoms with van der Waals surface area (Å²) in [5.41, 5.74) is 2.43. The van der Waals surface area contributed by atoms with E-state index in [-0.39, 0.29) is 13.2 Å². The van der Waals surface area contributed by atoms with E-state index in [0.29, 0.717) is 22.8 Å². The molecule has 0 aromatic heterocycles. The van der Waals surface area contributed by atoms with Crippen LogP contribution in [0.3, 0.4) is 0 Å². The molecule has 2 aromatic rings. The minimum Gasteiger partial charge on any atom is -0.491 e. The summed E-state index contributed by atoms with van der Waals surface area (Å²) in [4.78, 5) is 0. The van der Waals surface area contributed by atoms with E-state index in [0.717, 1.165) is 11.1 Å². The molecule has 1 fully saturated rings. The van der Waals surface area contributed by atoms with Crippen LogP contribution in [0.4, 0.5) is 0 Å². The highest BCUT2D eigenvalue weighted by Crippen LogP contribution is 2.34. The molecule has 4 N–H and O–H groups in total. The lowest BCUT2D eigenvalue weighted by Gasteiger charge is -2.40. The van der Waals surface area contributed by atoms with Crippen molar-refractivity contribution in [3.63, 3.8) is 0 Å². The maximum absolute atomic E-state index is 10.4.